The van der Waals surface area contributed by atoms with Crippen molar-refractivity contribution >= 4 is 5.97 Å². The van der Waals surface area contributed by atoms with E-state index >= 15 is 0 Å². The molecule has 1 atom stereocenters. The number of carboxylic acid groups (broad SMARTS) is 1. The third-order valence-electron chi connectivity index (χ3n) is 5.65. The Bertz CT molecular complexity index is 799. The number of furan rings is 1. The summed E-state index contributed by atoms with van der Waals surface area (Å²) in [5.74, 6) is -0.512. The van der Waals surface area contributed by atoms with E-state index < -0.39 is 5.97 Å². The maximum absolute atomic E-state index is 11.7. The second kappa shape index (κ2) is 16.1. The Hall–Kier alpha value is -2.55. The Labute approximate surface area is 195 Å². The predicted octanol–water partition coefficient (Wildman–Crippen LogP) is 8.61. The lowest BCUT2D eigenvalue weighted by atomic mass is 9.89. The van der Waals surface area contributed by atoms with E-state index in [1.807, 2.05) is 19.1 Å². The molecule has 0 aliphatic heterocycles. The van der Waals surface area contributed by atoms with Crippen LogP contribution < -0.4 is 0 Å². The maximum Gasteiger partial charge on any atom is 0.331 e. The Kier molecular flexibility index (Phi) is 13.9. The summed E-state index contributed by atoms with van der Waals surface area (Å²) in [6.45, 7) is 12.7. The van der Waals surface area contributed by atoms with Gasteiger partial charge in [-0.25, -0.2) is 4.79 Å². The van der Waals surface area contributed by atoms with Gasteiger partial charge in [0.1, 0.15) is 0 Å². The molecule has 1 aromatic heterocycles. The zero-order valence-electron chi connectivity index (χ0n) is 20.5. The van der Waals surface area contributed by atoms with Gasteiger partial charge in [0.2, 0.25) is 0 Å². The van der Waals surface area contributed by atoms with Crippen molar-refractivity contribution in [2.45, 2.75) is 85.5 Å². The number of hydrogen-bond acceptors (Lipinski definition) is 2. The largest absolute Gasteiger partial charge is 0.478 e. The normalized spacial score (nSPS) is 13.4. The highest BCUT2D eigenvalue weighted by Crippen LogP contribution is 2.24. The van der Waals surface area contributed by atoms with Crippen LogP contribution in [0, 0.1) is 5.92 Å². The Morgan fingerprint density at radius 2 is 1.78 bits per heavy atom. The van der Waals surface area contributed by atoms with Gasteiger partial charge in [-0.3, -0.25) is 0 Å². The smallest absolute Gasteiger partial charge is 0.331 e. The van der Waals surface area contributed by atoms with Gasteiger partial charge in [-0.15, -0.1) is 0 Å². The van der Waals surface area contributed by atoms with Gasteiger partial charge < -0.3 is 9.52 Å². The number of allylic oxidation sites excluding steroid dienone is 8. The first kappa shape index (κ1) is 27.5. The van der Waals surface area contributed by atoms with Crippen molar-refractivity contribution in [1.82, 2.24) is 0 Å². The molecule has 176 valence electrons. The third-order valence-corrected chi connectivity index (χ3v) is 5.65. The van der Waals surface area contributed by atoms with Gasteiger partial charge in [0, 0.05) is 5.57 Å². The lowest BCUT2D eigenvalue weighted by molar-refractivity contribution is -0.132. The van der Waals surface area contributed by atoms with Gasteiger partial charge >= 0.3 is 5.97 Å². The Morgan fingerprint density at radius 1 is 1.03 bits per heavy atom. The molecule has 0 saturated heterocycles. The summed E-state index contributed by atoms with van der Waals surface area (Å²) in [4.78, 5) is 11.7. The fraction of sp³-hybridized carbons (Fsp3) is 0.483. The second-order valence-electron chi connectivity index (χ2n) is 8.94. The van der Waals surface area contributed by atoms with Crippen molar-refractivity contribution in [3.8, 4) is 0 Å². The van der Waals surface area contributed by atoms with Crippen LogP contribution in [0.5, 0.6) is 0 Å². The number of unbranched alkanes of at least 4 members (excludes halogenated alkanes) is 1. The summed E-state index contributed by atoms with van der Waals surface area (Å²) in [5.41, 5.74) is 5.48. The molecule has 32 heavy (non-hydrogen) atoms. The molecule has 0 fully saturated rings. The standard InChI is InChI=1S/C29H42O3/c1-23(2)12-9-7-6-8-10-13-25(5)16-17-27(24(3)4)18-19-28(29(30)31)15-11-14-26-20-21-32-22-26/h6,8,12,15-16,20-22,27H,3,7,9-11,13-14,17-19H2,1-2,4-5H3,(H,30,31)/b8-6-,25-16+,28-15-. The van der Waals surface area contributed by atoms with E-state index in [0.717, 1.165) is 56.1 Å². The monoisotopic (exact) mass is 438 g/mol. The number of carboxylic acids is 1. The molecular formula is C29H42O3. The van der Waals surface area contributed by atoms with E-state index in [2.05, 4.69) is 51.7 Å². The first-order chi connectivity index (χ1) is 15.3. The van der Waals surface area contributed by atoms with Crippen LogP contribution in [0.4, 0.5) is 0 Å². The van der Waals surface area contributed by atoms with Gasteiger partial charge in [-0.1, -0.05) is 53.7 Å². The summed E-state index contributed by atoms with van der Waals surface area (Å²) in [6, 6.07) is 1.92. The van der Waals surface area contributed by atoms with Crippen LogP contribution in [0.2, 0.25) is 0 Å². The second-order valence-corrected chi connectivity index (χ2v) is 8.94. The van der Waals surface area contributed by atoms with Crippen LogP contribution in [0.15, 0.2) is 82.3 Å². The van der Waals surface area contributed by atoms with Crippen molar-refractivity contribution in [1.29, 1.82) is 0 Å². The molecule has 0 aliphatic rings. The zero-order chi connectivity index (χ0) is 23.8. The van der Waals surface area contributed by atoms with Gasteiger partial charge in [0.15, 0.2) is 0 Å². The van der Waals surface area contributed by atoms with Crippen LogP contribution in [-0.2, 0) is 11.2 Å². The highest BCUT2D eigenvalue weighted by molar-refractivity contribution is 5.86. The molecule has 1 heterocycles. The molecule has 0 radical (unpaired) electrons. The highest BCUT2D eigenvalue weighted by atomic mass is 16.4. The minimum Gasteiger partial charge on any atom is -0.478 e. The molecule has 0 bridgehead atoms. The summed E-state index contributed by atoms with van der Waals surface area (Å²) < 4.78 is 5.07. The zero-order valence-corrected chi connectivity index (χ0v) is 20.5. The quantitative estimate of drug-likeness (QED) is 0.160. The minimum absolute atomic E-state index is 0.307. The summed E-state index contributed by atoms with van der Waals surface area (Å²) in [7, 11) is 0. The van der Waals surface area contributed by atoms with E-state index in [4.69, 9.17) is 4.42 Å². The van der Waals surface area contributed by atoms with Crippen LogP contribution >= 0.6 is 0 Å². The molecule has 1 unspecified atom stereocenters. The molecule has 1 aromatic rings. The van der Waals surface area contributed by atoms with Crippen molar-refractivity contribution in [3.63, 3.8) is 0 Å². The van der Waals surface area contributed by atoms with Crippen molar-refractivity contribution in [2.75, 3.05) is 0 Å². The van der Waals surface area contributed by atoms with Gasteiger partial charge in [0.25, 0.3) is 0 Å². The minimum atomic E-state index is -0.819. The molecule has 0 amide bonds. The topological polar surface area (TPSA) is 50.4 Å². The van der Waals surface area contributed by atoms with Crippen molar-refractivity contribution in [2.24, 2.45) is 5.92 Å². The summed E-state index contributed by atoms with van der Waals surface area (Å²) in [6.07, 6.45) is 22.5. The van der Waals surface area contributed by atoms with Gasteiger partial charge in [-0.2, -0.15) is 0 Å². The number of hydrogen-bond donors (Lipinski definition) is 1. The van der Waals surface area contributed by atoms with E-state index in [1.54, 1.807) is 12.5 Å². The van der Waals surface area contributed by atoms with Crippen LogP contribution in [0.1, 0.15) is 84.6 Å². The number of carbonyl (C=O) groups is 1. The summed E-state index contributed by atoms with van der Waals surface area (Å²) in [5, 5.41) is 9.57. The molecule has 0 aromatic carbocycles. The summed E-state index contributed by atoms with van der Waals surface area (Å²) >= 11 is 0. The molecule has 0 saturated carbocycles. The number of aliphatic carboxylic acids is 1. The number of aryl methyl sites for hydroxylation is 1. The SMILES string of the molecule is C=C(C)C(C/C=C(\C)CC/C=C\CCC=C(C)C)CC/C(=C/CCc1ccoc1)C(=O)O. The fourth-order valence-corrected chi connectivity index (χ4v) is 3.50. The molecule has 0 spiro atoms. The third kappa shape index (κ3) is 13.0. The van der Waals surface area contributed by atoms with Crippen LogP contribution in [0.3, 0.4) is 0 Å². The lowest BCUT2D eigenvalue weighted by Gasteiger charge is -2.16. The molecular weight excluding hydrogens is 396 g/mol. The fourth-order valence-electron chi connectivity index (χ4n) is 3.50. The molecule has 3 nitrogen and oxygen atoms in total. The average molecular weight is 439 g/mol. The Morgan fingerprint density at radius 3 is 2.41 bits per heavy atom. The maximum atomic E-state index is 11.7. The van der Waals surface area contributed by atoms with Crippen LogP contribution in [0.25, 0.3) is 0 Å². The highest BCUT2D eigenvalue weighted by Gasteiger charge is 2.13. The van der Waals surface area contributed by atoms with Crippen LogP contribution in [-0.4, -0.2) is 11.1 Å². The number of rotatable bonds is 16. The van der Waals surface area contributed by atoms with Gasteiger partial charge in [0.05, 0.1) is 12.5 Å². The molecule has 0 aliphatic carbocycles. The van der Waals surface area contributed by atoms with Crippen molar-refractivity contribution in [3.05, 3.63) is 83.4 Å². The van der Waals surface area contributed by atoms with E-state index in [1.165, 1.54) is 11.1 Å². The Balaban J connectivity index is 2.46. The first-order valence-electron chi connectivity index (χ1n) is 11.8. The molecule has 3 heteroatoms. The van der Waals surface area contributed by atoms with E-state index in [-0.39, 0.29) is 0 Å². The molecule has 1 N–H and O–H groups in total. The van der Waals surface area contributed by atoms with E-state index in [9.17, 15) is 9.90 Å². The van der Waals surface area contributed by atoms with E-state index in [0.29, 0.717) is 24.3 Å². The van der Waals surface area contributed by atoms with Gasteiger partial charge in [-0.05, 0) is 103 Å². The molecule has 1 rings (SSSR count). The lowest BCUT2D eigenvalue weighted by Crippen LogP contribution is -2.06. The van der Waals surface area contributed by atoms with Crippen molar-refractivity contribution < 1.29 is 14.3 Å². The first-order valence-corrected chi connectivity index (χ1v) is 11.8. The average Bonchev–Trinajstić information content (AvgIpc) is 3.24. The predicted molar refractivity (Wildman–Crippen MR) is 136 cm³/mol.